The number of rotatable bonds is 7. The molecule has 0 aliphatic heterocycles. The maximum absolute atomic E-state index is 6.26. The van der Waals surface area contributed by atoms with Gasteiger partial charge in [0.2, 0.25) is 0 Å². The van der Waals surface area contributed by atoms with Crippen molar-refractivity contribution in [2.75, 3.05) is 11.0 Å². The molecule has 1 rings (SSSR count). The smallest absolute Gasteiger partial charge is 0.0771 e. The Labute approximate surface area is 121 Å². The fourth-order valence-corrected chi connectivity index (χ4v) is 3.69. The van der Waals surface area contributed by atoms with E-state index in [4.69, 9.17) is 4.74 Å². The third-order valence-electron chi connectivity index (χ3n) is 4.17. The van der Waals surface area contributed by atoms with Crippen molar-refractivity contribution in [3.8, 4) is 0 Å². The normalized spacial score (nSPS) is 29.8. The topological polar surface area (TPSA) is 9.23 Å². The molecule has 17 heavy (non-hydrogen) atoms. The van der Waals surface area contributed by atoms with Crippen LogP contribution < -0.4 is 0 Å². The second kappa shape index (κ2) is 7.98. The molecule has 0 N–H and O–H groups in total. The Morgan fingerprint density at radius 3 is 2.41 bits per heavy atom. The van der Waals surface area contributed by atoms with E-state index in [9.17, 15) is 0 Å². The average Bonchev–Trinajstić information content (AvgIpc) is 2.35. The summed E-state index contributed by atoms with van der Waals surface area (Å²) in [5, 5.41) is 0. The van der Waals surface area contributed by atoms with Crippen LogP contribution in [-0.2, 0) is 4.74 Å². The Balaban J connectivity index is 2.27. The molecule has 0 aromatic carbocycles. The first-order valence-corrected chi connectivity index (χ1v) is 8.84. The van der Waals surface area contributed by atoms with Gasteiger partial charge in [0.05, 0.1) is 5.60 Å². The zero-order valence-corrected chi connectivity index (χ0v) is 14.0. The molecule has 1 nitrogen and oxygen atoms in total. The quantitative estimate of drug-likeness (QED) is 0.347. The van der Waals surface area contributed by atoms with Crippen molar-refractivity contribution < 1.29 is 4.74 Å². The molecule has 0 radical (unpaired) electrons. The van der Waals surface area contributed by atoms with Crippen molar-refractivity contribution >= 4 is 22.6 Å². The summed E-state index contributed by atoms with van der Waals surface area (Å²) < 4.78 is 7.42. The summed E-state index contributed by atoms with van der Waals surface area (Å²) in [6, 6.07) is 0. The van der Waals surface area contributed by atoms with E-state index in [-0.39, 0.29) is 5.60 Å². The molecule has 0 unspecified atom stereocenters. The molecule has 0 bridgehead atoms. The minimum atomic E-state index is 0.225. The van der Waals surface area contributed by atoms with Gasteiger partial charge in [0, 0.05) is 11.0 Å². The van der Waals surface area contributed by atoms with Crippen molar-refractivity contribution in [1.29, 1.82) is 0 Å². The highest BCUT2D eigenvalue weighted by Gasteiger charge is 2.34. The molecule has 1 aliphatic carbocycles. The molecule has 102 valence electrons. The predicted molar refractivity (Wildman–Crippen MR) is 83.9 cm³/mol. The Hall–Kier alpha value is 0.690. The van der Waals surface area contributed by atoms with Crippen LogP contribution in [0.3, 0.4) is 0 Å². The van der Waals surface area contributed by atoms with Crippen LogP contribution >= 0.6 is 22.6 Å². The monoisotopic (exact) mass is 352 g/mol. The molecule has 1 saturated carbocycles. The Bertz CT molecular complexity index is 195. The van der Waals surface area contributed by atoms with Crippen LogP contribution in [0.15, 0.2) is 0 Å². The van der Waals surface area contributed by atoms with Crippen LogP contribution in [0.1, 0.15) is 65.7 Å². The summed E-state index contributed by atoms with van der Waals surface area (Å²) in [6.07, 6.45) is 9.21. The van der Waals surface area contributed by atoms with E-state index < -0.39 is 0 Å². The Morgan fingerprint density at radius 1 is 1.29 bits per heavy atom. The van der Waals surface area contributed by atoms with Crippen LogP contribution in [0.4, 0.5) is 0 Å². The van der Waals surface area contributed by atoms with Crippen LogP contribution in [0.25, 0.3) is 0 Å². The molecule has 0 saturated heterocycles. The summed E-state index contributed by atoms with van der Waals surface area (Å²) >= 11 is 2.52. The Morgan fingerprint density at radius 2 is 1.94 bits per heavy atom. The first-order valence-electron chi connectivity index (χ1n) is 7.32. The first kappa shape index (κ1) is 15.7. The van der Waals surface area contributed by atoms with Gasteiger partial charge in [0.25, 0.3) is 0 Å². The van der Waals surface area contributed by atoms with Crippen LogP contribution in [0.5, 0.6) is 0 Å². The highest BCUT2D eigenvalue weighted by atomic mass is 127. The van der Waals surface area contributed by atoms with Crippen molar-refractivity contribution in [1.82, 2.24) is 0 Å². The third-order valence-corrected chi connectivity index (χ3v) is 5.56. The molecule has 2 heteroatoms. The molecular weight excluding hydrogens is 323 g/mol. The van der Waals surface area contributed by atoms with Crippen molar-refractivity contribution in [3.05, 3.63) is 0 Å². The van der Waals surface area contributed by atoms with Gasteiger partial charge in [-0.25, -0.2) is 0 Å². The summed E-state index contributed by atoms with van der Waals surface area (Å²) in [5.41, 5.74) is 0.225. The second-order valence-electron chi connectivity index (χ2n) is 6.05. The highest BCUT2D eigenvalue weighted by Crippen LogP contribution is 2.37. The number of halogens is 1. The van der Waals surface area contributed by atoms with E-state index in [0.29, 0.717) is 0 Å². The molecule has 1 fully saturated rings. The molecule has 0 amide bonds. The number of hydrogen-bond acceptors (Lipinski definition) is 1. The predicted octanol–water partition coefficient (Wildman–Crippen LogP) is 5.21. The lowest BCUT2D eigenvalue weighted by atomic mass is 9.79. The lowest BCUT2D eigenvalue weighted by molar-refractivity contribution is -0.0606. The number of hydrogen-bond donors (Lipinski definition) is 0. The van der Waals surface area contributed by atoms with E-state index in [1.165, 1.54) is 49.4 Å². The maximum atomic E-state index is 6.26. The van der Waals surface area contributed by atoms with Gasteiger partial charge in [-0.2, -0.15) is 0 Å². The summed E-state index contributed by atoms with van der Waals surface area (Å²) in [6.45, 7) is 7.88. The van der Waals surface area contributed by atoms with Crippen LogP contribution in [0.2, 0.25) is 0 Å². The van der Waals surface area contributed by atoms with Crippen molar-refractivity contribution in [3.63, 3.8) is 0 Å². The molecular formula is C15H29IO. The molecule has 0 aromatic heterocycles. The van der Waals surface area contributed by atoms with Crippen molar-refractivity contribution in [2.24, 2.45) is 11.8 Å². The van der Waals surface area contributed by atoms with E-state index >= 15 is 0 Å². The molecule has 0 heterocycles. The minimum absolute atomic E-state index is 0.225. The van der Waals surface area contributed by atoms with Gasteiger partial charge in [-0.1, -0.05) is 49.8 Å². The zero-order chi connectivity index (χ0) is 12.7. The lowest BCUT2D eigenvalue weighted by Gasteiger charge is -2.39. The van der Waals surface area contributed by atoms with Gasteiger partial charge in [0.1, 0.15) is 0 Å². The number of ether oxygens (including phenoxy) is 1. The summed E-state index contributed by atoms with van der Waals surface area (Å²) in [5.74, 6) is 1.77. The number of alkyl halides is 1. The van der Waals surface area contributed by atoms with Gasteiger partial charge < -0.3 is 4.74 Å². The van der Waals surface area contributed by atoms with Gasteiger partial charge in [-0.05, 0) is 50.4 Å². The molecule has 0 spiro atoms. The standard InChI is InChI=1S/C15H29IO/c1-4-14-7-9-15(12-16,10-8-14)17-11-5-6-13(2)3/h13-14H,4-12H2,1-3H3. The van der Waals surface area contributed by atoms with E-state index in [1.807, 2.05) is 0 Å². The first-order chi connectivity index (χ1) is 8.12. The second-order valence-corrected chi connectivity index (χ2v) is 6.82. The molecule has 0 aromatic rings. The minimum Gasteiger partial charge on any atom is -0.374 e. The molecule has 0 atom stereocenters. The van der Waals surface area contributed by atoms with E-state index in [1.54, 1.807) is 0 Å². The lowest BCUT2D eigenvalue weighted by Crippen LogP contribution is -2.39. The maximum Gasteiger partial charge on any atom is 0.0771 e. The fraction of sp³-hybridized carbons (Fsp3) is 1.00. The average molecular weight is 352 g/mol. The van der Waals surface area contributed by atoms with Crippen molar-refractivity contribution in [2.45, 2.75) is 71.3 Å². The van der Waals surface area contributed by atoms with E-state index in [2.05, 4.69) is 43.4 Å². The summed E-state index contributed by atoms with van der Waals surface area (Å²) in [7, 11) is 0. The van der Waals surface area contributed by atoms with E-state index in [0.717, 1.165) is 18.4 Å². The highest BCUT2D eigenvalue weighted by molar-refractivity contribution is 14.1. The van der Waals surface area contributed by atoms with Gasteiger partial charge >= 0.3 is 0 Å². The summed E-state index contributed by atoms with van der Waals surface area (Å²) in [4.78, 5) is 0. The van der Waals surface area contributed by atoms with Gasteiger partial charge in [-0.3, -0.25) is 0 Å². The zero-order valence-electron chi connectivity index (χ0n) is 11.8. The van der Waals surface area contributed by atoms with Gasteiger partial charge in [-0.15, -0.1) is 0 Å². The van der Waals surface area contributed by atoms with Crippen LogP contribution in [0, 0.1) is 11.8 Å². The van der Waals surface area contributed by atoms with Crippen LogP contribution in [-0.4, -0.2) is 16.6 Å². The third kappa shape index (κ3) is 5.46. The molecule has 1 aliphatic rings. The Kier molecular flexibility index (Phi) is 7.39. The fourth-order valence-electron chi connectivity index (χ4n) is 2.71. The van der Waals surface area contributed by atoms with Gasteiger partial charge in [0.15, 0.2) is 0 Å². The SMILES string of the molecule is CCC1CCC(CI)(OCCCC(C)C)CC1. The largest absolute Gasteiger partial charge is 0.374 e.